The first-order chi connectivity index (χ1) is 9.63. The van der Waals surface area contributed by atoms with Crippen LogP contribution in [0.15, 0.2) is 42.5 Å². The summed E-state index contributed by atoms with van der Waals surface area (Å²) in [5.74, 6) is 0.570. The fourth-order valence-corrected chi connectivity index (χ4v) is 2.57. The summed E-state index contributed by atoms with van der Waals surface area (Å²) in [6, 6.07) is 13.9. The number of halogens is 2. The molecule has 0 aliphatic rings. The molecule has 0 saturated carbocycles. The van der Waals surface area contributed by atoms with Gasteiger partial charge in [-0.2, -0.15) is 0 Å². The standard InChI is InChI=1S/C15H16ClIN2O/c1-19(11-12-4-2-5-13(17)10-12)8-9-20-15-7-3-6-14(16)18-15/h2-7,10H,8-9,11H2,1H3. The first-order valence-corrected chi connectivity index (χ1v) is 7.77. The van der Waals surface area contributed by atoms with E-state index in [1.165, 1.54) is 9.13 Å². The largest absolute Gasteiger partial charge is 0.476 e. The highest BCUT2D eigenvalue weighted by Crippen LogP contribution is 2.12. The van der Waals surface area contributed by atoms with Crippen LogP contribution in [-0.4, -0.2) is 30.1 Å². The monoisotopic (exact) mass is 402 g/mol. The maximum absolute atomic E-state index is 5.81. The van der Waals surface area contributed by atoms with E-state index < -0.39 is 0 Å². The van der Waals surface area contributed by atoms with E-state index in [0.29, 0.717) is 17.6 Å². The Morgan fingerprint density at radius 3 is 2.80 bits per heavy atom. The highest BCUT2D eigenvalue weighted by Gasteiger charge is 2.02. The molecule has 0 saturated heterocycles. The van der Waals surface area contributed by atoms with E-state index in [0.717, 1.165) is 13.1 Å². The fourth-order valence-electron chi connectivity index (χ4n) is 1.80. The minimum absolute atomic E-state index is 0.453. The van der Waals surface area contributed by atoms with E-state index in [1.807, 2.05) is 12.1 Å². The molecule has 0 aliphatic heterocycles. The fraction of sp³-hybridized carbons (Fsp3) is 0.267. The lowest BCUT2D eigenvalue weighted by Crippen LogP contribution is -2.24. The molecular weight excluding hydrogens is 387 g/mol. The summed E-state index contributed by atoms with van der Waals surface area (Å²) in [5, 5.41) is 0.453. The molecule has 20 heavy (non-hydrogen) atoms. The predicted molar refractivity (Wildman–Crippen MR) is 90.2 cm³/mol. The van der Waals surface area contributed by atoms with E-state index in [-0.39, 0.29) is 0 Å². The van der Waals surface area contributed by atoms with Gasteiger partial charge in [-0.05, 0) is 53.4 Å². The Kier molecular flexibility index (Phi) is 6.06. The molecule has 0 radical (unpaired) electrons. The van der Waals surface area contributed by atoms with E-state index in [2.05, 4.69) is 63.8 Å². The van der Waals surface area contributed by atoms with Gasteiger partial charge in [-0.1, -0.05) is 29.8 Å². The predicted octanol–water partition coefficient (Wildman–Crippen LogP) is 3.85. The number of ether oxygens (including phenoxy) is 1. The number of nitrogens with zero attached hydrogens (tertiary/aromatic N) is 2. The maximum Gasteiger partial charge on any atom is 0.214 e. The summed E-state index contributed by atoms with van der Waals surface area (Å²) in [7, 11) is 2.08. The summed E-state index contributed by atoms with van der Waals surface area (Å²) in [6.45, 7) is 2.33. The van der Waals surface area contributed by atoms with Crippen molar-refractivity contribution >= 4 is 34.2 Å². The van der Waals surface area contributed by atoms with Crippen molar-refractivity contribution in [3.8, 4) is 5.88 Å². The molecule has 0 spiro atoms. The minimum atomic E-state index is 0.453. The molecule has 0 N–H and O–H groups in total. The van der Waals surface area contributed by atoms with Crippen LogP contribution in [0.5, 0.6) is 5.88 Å². The van der Waals surface area contributed by atoms with Crippen LogP contribution in [0.25, 0.3) is 0 Å². The summed E-state index contributed by atoms with van der Waals surface area (Å²) < 4.78 is 6.84. The van der Waals surface area contributed by atoms with Crippen LogP contribution in [0.4, 0.5) is 0 Å². The normalized spacial score (nSPS) is 10.8. The summed E-state index contributed by atoms with van der Waals surface area (Å²) in [4.78, 5) is 6.31. The van der Waals surface area contributed by atoms with Crippen molar-refractivity contribution in [1.82, 2.24) is 9.88 Å². The van der Waals surface area contributed by atoms with Crippen molar-refractivity contribution < 1.29 is 4.74 Å². The lowest BCUT2D eigenvalue weighted by molar-refractivity contribution is 0.227. The Balaban J connectivity index is 1.76. The highest BCUT2D eigenvalue weighted by atomic mass is 127. The highest BCUT2D eigenvalue weighted by molar-refractivity contribution is 14.1. The Hall–Kier alpha value is -0.850. The molecule has 2 aromatic rings. The third kappa shape index (κ3) is 5.26. The Bertz CT molecular complexity index is 565. The molecule has 1 aromatic heterocycles. The summed E-state index contributed by atoms with van der Waals surface area (Å²) in [5.41, 5.74) is 1.31. The first kappa shape index (κ1) is 15.5. The number of likely N-dealkylation sites (N-methyl/N-ethyl adjacent to an activating group) is 1. The molecule has 3 nitrogen and oxygen atoms in total. The van der Waals surface area contributed by atoms with E-state index in [1.54, 1.807) is 6.07 Å². The van der Waals surface area contributed by atoms with Crippen LogP contribution in [-0.2, 0) is 6.54 Å². The first-order valence-electron chi connectivity index (χ1n) is 6.32. The van der Waals surface area contributed by atoms with Crippen LogP contribution in [0.3, 0.4) is 0 Å². The van der Waals surface area contributed by atoms with E-state index >= 15 is 0 Å². The second-order valence-electron chi connectivity index (χ2n) is 4.51. The number of rotatable bonds is 6. The van der Waals surface area contributed by atoms with Crippen LogP contribution in [0, 0.1) is 3.57 Å². The number of pyridine rings is 1. The maximum atomic E-state index is 5.81. The lowest BCUT2D eigenvalue weighted by atomic mass is 10.2. The minimum Gasteiger partial charge on any atom is -0.476 e. The van der Waals surface area contributed by atoms with Gasteiger partial charge in [-0.3, -0.25) is 4.90 Å². The van der Waals surface area contributed by atoms with Crippen molar-refractivity contribution in [1.29, 1.82) is 0 Å². The third-order valence-electron chi connectivity index (χ3n) is 2.75. The molecule has 0 atom stereocenters. The van der Waals surface area contributed by atoms with Crippen molar-refractivity contribution in [3.63, 3.8) is 0 Å². The van der Waals surface area contributed by atoms with Gasteiger partial charge in [0.2, 0.25) is 5.88 Å². The lowest BCUT2D eigenvalue weighted by Gasteiger charge is -2.17. The zero-order chi connectivity index (χ0) is 14.4. The second-order valence-corrected chi connectivity index (χ2v) is 6.15. The molecule has 0 aliphatic carbocycles. The second kappa shape index (κ2) is 7.81. The molecular formula is C15H16ClIN2O. The average molecular weight is 403 g/mol. The zero-order valence-corrected chi connectivity index (χ0v) is 14.1. The Morgan fingerprint density at radius 2 is 2.05 bits per heavy atom. The molecule has 2 rings (SSSR count). The number of aromatic nitrogens is 1. The molecule has 0 amide bonds. The van der Waals surface area contributed by atoms with Gasteiger partial charge >= 0.3 is 0 Å². The van der Waals surface area contributed by atoms with Crippen LogP contribution in [0.2, 0.25) is 5.15 Å². The van der Waals surface area contributed by atoms with Crippen molar-refractivity contribution in [2.45, 2.75) is 6.54 Å². The number of benzene rings is 1. The van der Waals surface area contributed by atoms with E-state index in [4.69, 9.17) is 16.3 Å². The topological polar surface area (TPSA) is 25.4 Å². The van der Waals surface area contributed by atoms with Gasteiger partial charge in [0, 0.05) is 22.7 Å². The molecule has 0 unspecified atom stereocenters. The number of hydrogen-bond acceptors (Lipinski definition) is 3. The molecule has 106 valence electrons. The third-order valence-corrected chi connectivity index (χ3v) is 3.64. The van der Waals surface area contributed by atoms with Gasteiger partial charge in [0.1, 0.15) is 11.8 Å². The summed E-state index contributed by atoms with van der Waals surface area (Å²) in [6.07, 6.45) is 0. The number of hydrogen-bond donors (Lipinski definition) is 0. The van der Waals surface area contributed by atoms with Crippen LogP contribution in [0.1, 0.15) is 5.56 Å². The molecule has 1 aromatic carbocycles. The van der Waals surface area contributed by atoms with Gasteiger partial charge in [-0.25, -0.2) is 4.98 Å². The Labute approximate surface area is 138 Å². The SMILES string of the molecule is CN(CCOc1cccc(Cl)n1)Cc1cccc(I)c1. The Morgan fingerprint density at radius 1 is 1.25 bits per heavy atom. The molecule has 0 bridgehead atoms. The zero-order valence-electron chi connectivity index (χ0n) is 11.2. The van der Waals surface area contributed by atoms with Gasteiger partial charge in [0.15, 0.2) is 0 Å². The average Bonchev–Trinajstić information content (AvgIpc) is 2.38. The van der Waals surface area contributed by atoms with Crippen molar-refractivity contribution in [3.05, 3.63) is 56.8 Å². The smallest absolute Gasteiger partial charge is 0.214 e. The molecule has 0 fully saturated rings. The summed E-state index contributed by atoms with van der Waals surface area (Å²) >= 11 is 8.13. The quantitative estimate of drug-likeness (QED) is 0.542. The molecule has 5 heteroatoms. The van der Waals surface area contributed by atoms with Gasteiger partial charge in [-0.15, -0.1) is 0 Å². The van der Waals surface area contributed by atoms with E-state index in [9.17, 15) is 0 Å². The van der Waals surface area contributed by atoms with Crippen LogP contribution >= 0.6 is 34.2 Å². The van der Waals surface area contributed by atoms with Crippen molar-refractivity contribution in [2.75, 3.05) is 20.2 Å². The van der Waals surface area contributed by atoms with Gasteiger partial charge < -0.3 is 4.74 Å². The van der Waals surface area contributed by atoms with Gasteiger partial charge in [0.25, 0.3) is 0 Å². The van der Waals surface area contributed by atoms with Gasteiger partial charge in [0.05, 0.1) is 0 Å². The van der Waals surface area contributed by atoms with Crippen LogP contribution < -0.4 is 4.74 Å². The van der Waals surface area contributed by atoms with Crippen molar-refractivity contribution in [2.24, 2.45) is 0 Å². The molecule has 1 heterocycles.